The molecule has 0 bridgehead atoms. The summed E-state index contributed by atoms with van der Waals surface area (Å²) < 4.78 is 7.28. The molecule has 3 aromatic carbocycles. The molecule has 5 rings (SSSR count). The van der Waals surface area contributed by atoms with Gasteiger partial charge in [-0.3, -0.25) is 4.79 Å². The van der Waals surface area contributed by atoms with Crippen molar-refractivity contribution in [2.75, 3.05) is 0 Å². The van der Waals surface area contributed by atoms with Crippen molar-refractivity contribution in [3.63, 3.8) is 0 Å². The molecule has 0 saturated heterocycles. The molecule has 0 aliphatic heterocycles. The molecule has 40 heavy (non-hydrogen) atoms. The lowest BCUT2D eigenvalue weighted by Gasteiger charge is -2.14. The van der Waals surface area contributed by atoms with Gasteiger partial charge in [0, 0.05) is 11.4 Å². The maximum atomic E-state index is 12.9. The van der Waals surface area contributed by atoms with Crippen LogP contribution in [0.4, 0.5) is 0 Å². The molecule has 2 N–H and O–H groups in total. The zero-order valence-electron chi connectivity index (χ0n) is 21.3. The van der Waals surface area contributed by atoms with E-state index in [1.807, 2.05) is 54.6 Å². The summed E-state index contributed by atoms with van der Waals surface area (Å²) in [6, 6.07) is 26.7. The molecule has 0 radical (unpaired) electrons. The van der Waals surface area contributed by atoms with E-state index in [4.69, 9.17) is 16.3 Å². The summed E-state index contributed by atoms with van der Waals surface area (Å²) >= 11 is 5.93. The Balaban J connectivity index is 1.21. The monoisotopic (exact) mass is 552 g/mol. The van der Waals surface area contributed by atoms with Crippen LogP contribution in [0, 0.1) is 0 Å². The van der Waals surface area contributed by atoms with Crippen molar-refractivity contribution < 1.29 is 19.4 Å². The Labute approximate surface area is 235 Å². The zero-order valence-corrected chi connectivity index (χ0v) is 22.0. The largest absolute Gasteiger partial charge is 0.489 e. The fraction of sp³-hybridized carbons (Fsp3) is 0.0968. The number of fused-ring (bicyclic) bond motifs is 1. The highest BCUT2D eigenvalue weighted by Gasteiger charge is 2.23. The van der Waals surface area contributed by atoms with Crippen LogP contribution in [-0.2, 0) is 17.8 Å². The number of amides is 1. The number of carbonyl (C=O) groups excluding carboxylic acids is 1. The molecule has 0 aliphatic carbocycles. The van der Waals surface area contributed by atoms with Crippen molar-refractivity contribution in [1.29, 1.82) is 0 Å². The minimum atomic E-state index is -1.14. The van der Waals surface area contributed by atoms with Crippen LogP contribution < -0.4 is 10.1 Å². The number of carboxylic acid groups (broad SMARTS) is 1. The lowest BCUT2D eigenvalue weighted by molar-refractivity contribution is -0.139. The maximum absolute atomic E-state index is 12.9. The molecule has 1 amide bonds. The van der Waals surface area contributed by atoms with Crippen LogP contribution in [0.25, 0.3) is 17.8 Å². The lowest BCUT2D eigenvalue weighted by Crippen LogP contribution is -2.42. The standard InChI is InChI=1S/C31H25ClN4O4/c32-24-11-6-21(7-12-24)8-13-25-14-17-29-33-28(19-36(29)35-25)30(37)34-27(31(38)39)18-22-9-15-26(16-10-22)40-20-23-4-2-1-3-5-23/h1-17,19,27H,18,20H2,(H,34,37)(H,38,39). The third-order valence-corrected chi connectivity index (χ3v) is 6.36. The van der Waals surface area contributed by atoms with Gasteiger partial charge < -0.3 is 15.2 Å². The Hall–Kier alpha value is -4.95. The minimum Gasteiger partial charge on any atom is -0.489 e. The van der Waals surface area contributed by atoms with Crippen LogP contribution in [0.5, 0.6) is 5.75 Å². The molecular weight excluding hydrogens is 528 g/mol. The number of hydrogen-bond acceptors (Lipinski definition) is 5. The smallest absolute Gasteiger partial charge is 0.326 e. The van der Waals surface area contributed by atoms with E-state index in [0.29, 0.717) is 28.7 Å². The number of hydrogen-bond donors (Lipinski definition) is 2. The molecule has 8 nitrogen and oxygen atoms in total. The highest BCUT2D eigenvalue weighted by molar-refractivity contribution is 6.30. The van der Waals surface area contributed by atoms with E-state index in [1.54, 1.807) is 48.5 Å². The number of rotatable bonds is 10. The second-order valence-corrected chi connectivity index (χ2v) is 9.50. The predicted octanol–water partition coefficient (Wildman–Crippen LogP) is 5.56. The maximum Gasteiger partial charge on any atom is 0.326 e. The SMILES string of the molecule is O=C(NC(Cc1ccc(OCc2ccccc2)cc1)C(=O)O)c1cn2nc(C=Cc3ccc(Cl)cc3)ccc2n1. The summed E-state index contributed by atoms with van der Waals surface area (Å²) in [5.41, 5.74) is 3.95. The summed E-state index contributed by atoms with van der Waals surface area (Å²) in [6.45, 7) is 0.433. The van der Waals surface area contributed by atoms with Gasteiger partial charge in [0.15, 0.2) is 5.65 Å². The number of carboxylic acids is 1. The number of ether oxygens (including phenoxy) is 1. The number of aromatic nitrogens is 3. The molecule has 0 saturated carbocycles. The zero-order chi connectivity index (χ0) is 27.9. The number of carbonyl (C=O) groups is 2. The first-order valence-electron chi connectivity index (χ1n) is 12.5. The van der Waals surface area contributed by atoms with Gasteiger partial charge in [-0.1, -0.05) is 72.3 Å². The van der Waals surface area contributed by atoms with Gasteiger partial charge in [-0.15, -0.1) is 0 Å². The van der Waals surface area contributed by atoms with Crippen LogP contribution in [0.15, 0.2) is 97.2 Å². The van der Waals surface area contributed by atoms with Crippen LogP contribution >= 0.6 is 11.6 Å². The Kier molecular flexibility index (Phi) is 8.18. The average Bonchev–Trinajstić information content (AvgIpc) is 3.40. The van der Waals surface area contributed by atoms with Crippen molar-refractivity contribution in [2.24, 2.45) is 0 Å². The van der Waals surface area contributed by atoms with E-state index in [0.717, 1.165) is 16.7 Å². The van der Waals surface area contributed by atoms with E-state index in [1.165, 1.54) is 10.7 Å². The van der Waals surface area contributed by atoms with Crippen LogP contribution in [0.1, 0.15) is 32.9 Å². The number of imidazole rings is 1. The number of nitrogens with zero attached hydrogens (tertiary/aromatic N) is 3. The second-order valence-electron chi connectivity index (χ2n) is 9.06. The van der Waals surface area contributed by atoms with E-state index < -0.39 is 17.9 Å². The van der Waals surface area contributed by atoms with Gasteiger partial charge >= 0.3 is 5.97 Å². The van der Waals surface area contributed by atoms with Gasteiger partial charge in [0.2, 0.25) is 0 Å². The van der Waals surface area contributed by atoms with Crippen molar-refractivity contribution in [3.05, 3.63) is 130 Å². The van der Waals surface area contributed by atoms with Crippen LogP contribution in [0.2, 0.25) is 5.02 Å². The fourth-order valence-corrected chi connectivity index (χ4v) is 4.11. The number of benzene rings is 3. The number of nitrogens with one attached hydrogen (secondary N) is 1. The Bertz CT molecular complexity index is 1650. The van der Waals surface area contributed by atoms with E-state index in [-0.39, 0.29) is 12.1 Å². The molecule has 0 fully saturated rings. The van der Waals surface area contributed by atoms with Crippen molar-refractivity contribution in [3.8, 4) is 5.75 Å². The molecule has 0 aliphatic rings. The Morgan fingerprint density at radius 1 is 0.925 bits per heavy atom. The Morgan fingerprint density at radius 2 is 1.68 bits per heavy atom. The summed E-state index contributed by atoms with van der Waals surface area (Å²) in [7, 11) is 0. The molecule has 2 aromatic heterocycles. The highest BCUT2D eigenvalue weighted by Crippen LogP contribution is 2.16. The van der Waals surface area contributed by atoms with Gasteiger partial charge in [0.25, 0.3) is 5.91 Å². The van der Waals surface area contributed by atoms with Crippen LogP contribution in [-0.4, -0.2) is 37.6 Å². The first-order valence-corrected chi connectivity index (χ1v) is 12.9. The third kappa shape index (κ3) is 6.92. The van der Waals surface area contributed by atoms with Crippen LogP contribution in [0.3, 0.4) is 0 Å². The summed E-state index contributed by atoms with van der Waals surface area (Å²) in [4.78, 5) is 29.1. The van der Waals surface area contributed by atoms with Gasteiger partial charge in [0.05, 0.1) is 11.9 Å². The first-order chi connectivity index (χ1) is 19.4. The molecule has 5 aromatic rings. The third-order valence-electron chi connectivity index (χ3n) is 6.10. The van der Waals surface area contributed by atoms with Gasteiger partial charge in [-0.25, -0.2) is 14.3 Å². The molecule has 9 heteroatoms. The highest BCUT2D eigenvalue weighted by atomic mass is 35.5. The summed E-state index contributed by atoms with van der Waals surface area (Å²) in [5.74, 6) is -1.07. The molecule has 1 unspecified atom stereocenters. The first kappa shape index (κ1) is 26.6. The topological polar surface area (TPSA) is 106 Å². The van der Waals surface area contributed by atoms with Crippen molar-refractivity contribution >= 4 is 41.3 Å². The summed E-state index contributed by atoms with van der Waals surface area (Å²) in [5, 5.41) is 17.4. The number of aliphatic carboxylic acids is 1. The summed E-state index contributed by atoms with van der Waals surface area (Å²) in [6.07, 6.45) is 5.31. The molecule has 200 valence electrons. The van der Waals surface area contributed by atoms with Crippen molar-refractivity contribution in [2.45, 2.75) is 19.1 Å². The molecule has 2 heterocycles. The normalized spacial score (nSPS) is 11.9. The predicted molar refractivity (Wildman–Crippen MR) is 153 cm³/mol. The fourth-order valence-electron chi connectivity index (χ4n) is 3.98. The molecule has 1 atom stereocenters. The average molecular weight is 553 g/mol. The van der Waals surface area contributed by atoms with E-state index in [9.17, 15) is 14.7 Å². The van der Waals surface area contributed by atoms with Gasteiger partial charge in [-0.05, 0) is 59.2 Å². The number of halogens is 1. The lowest BCUT2D eigenvalue weighted by atomic mass is 10.1. The minimum absolute atomic E-state index is 0.0715. The molecule has 0 spiro atoms. The van der Waals surface area contributed by atoms with Gasteiger partial charge in [0.1, 0.15) is 24.1 Å². The Morgan fingerprint density at radius 3 is 2.40 bits per heavy atom. The van der Waals surface area contributed by atoms with Crippen molar-refractivity contribution in [1.82, 2.24) is 19.9 Å². The second kappa shape index (κ2) is 12.3. The quantitative estimate of drug-likeness (QED) is 0.235. The van der Waals surface area contributed by atoms with E-state index in [2.05, 4.69) is 15.4 Å². The molecular formula is C31H25ClN4O4. The van der Waals surface area contributed by atoms with Gasteiger partial charge in [-0.2, -0.15) is 5.10 Å². The van der Waals surface area contributed by atoms with E-state index >= 15 is 0 Å².